The fourth-order valence-electron chi connectivity index (χ4n) is 2.47. The van der Waals surface area contributed by atoms with Gasteiger partial charge >= 0.3 is 0 Å². The van der Waals surface area contributed by atoms with Crippen LogP contribution in [0.3, 0.4) is 0 Å². The van der Waals surface area contributed by atoms with Gasteiger partial charge in [0.05, 0.1) is 0 Å². The van der Waals surface area contributed by atoms with Crippen molar-refractivity contribution in [2.75, 3.05) is 18.6 Å². The maximum atomic E-state index is 12.4. The van der Waals surface area contributed by atoms with Crippen LogP contribution in [0.5, 0.6) is 0 Å². The van der Waals surface area contributed by atoms with E-state index >= 15 is 0 Å². The average Bonchev–Trinajstić information content (AvgIpc) is 2.47. The molecule has 1 aliphatic carbocycles. The summed E-state index contributed by atoms with van der Waals surface area (Å²) >= 11 is 1.74. The molecule has 0 bridgehead atoms. The zero-order chi connectivity index (χ0) is 14.6. The standard InChI is InChI=1S/C13H21N3O2S2/c1-14-13-8-7-10(9-15-13)20(17,18)16-11-5-3-4-6-12(11)19-2/h7-9,11-12,16H,3-6H2,1-2H3,(H,14,15). The molecule has 20 heavy (non-hydrogen) atoms. The second kappa shape index (κ2) is 6.78. The van der Waals surface area contributed by atoms with E-state index in [1.807, 2.05) is 6.26 Å². The Hall–Kier alpha value is -0.790. The van der Waals surface area contributed by atoms with Gasteiger partial charge in [0.2, 0.25) is 10.0 Å². The van der Waals surface area contributed by atoms with Gasteiger partial charge in [0, 0.05) is 24.5 Å². The molecule has 0 spiro atoms. The van der Waals surface area contributed by atoms with Gasteiger partial charge in [-0.25, -0.2) is 18.1 Å². The maximum Gasteiger partial charge on any atom is 0.242 e. The second-order valence-corrected chi connectivity index (χ2v) is 7.71. The minimum absolute atomic E-state index is 0.0210. The van der Waals surface area contributed by atoms with Crippen LogP contribution < -0.4 is 10.0 Å². The highest BCUT2D eigenvalue weighted by atomic mass is 32.2. The van der Waals surface area contributed by atoms with Crippen molar-refractivity contribution in [2.24, 2.45) is 0 Å². The number of anilines is 1. The molecule has 7 heteroatoms. The monoisotopic (exact) mass is 315 g/mol. The summed E-state index contributed by atoms with van der Waals surface area (Å²) in [4.78, 5) is 4.28. The Morgan fingerprint density at radius 3 is 2.65 bits per heavy atom. The summed E-state index contributed by atoms with van der Waals surface area (Å²) in [5.41, 5.74) is 0. The van der Waals surface area contributed by atoms with Gasteiger partial charge in [-0.3, -0.25) is 0 Å². The van der Waals surface area contributed by atoms with E-state index in [0.29, 0.717) is 11.1 Å². The summed E-state index contributed by atoms with van der Waals surface area (Å²) in [5.74, 6) is 0.656. The molecule has 1 aliphatic rings. The van der Waals surface area contributed by atoms with Crippen LogP contribution in [0.4, 0.5) is 5.82 Å². The van der Waals surface area contributed by atoms with E-state index in [9.17, 15) is 8.42 Å². The van der Waals surface area contributed by atoms with Crippen molar-refractivity contribution in [1.82, 2.24) is 9.71 Å². The highest BCUT2D eigenvalue weighted by molar-refractivity contribution is 7.99. The van der Waals surface area contributed by atoms with E-state index in [0.717, 1.165) is 19.3 Å². The van der Waals surface area contributed by atoms with Crippen molar-refractivity contribution >= 4 is 27.6 Å². The van der Waals surface area contributed by atoms with Crippen LogP contribution in [0.25, 0.3) is 0 Å². The summed E-state index contributed by atoms with van der Waals surface area (Å²) in [6.45, 7) is 0. The number of pyridine rings is 1. The third-order valence-corrected chi connectivity index (χ3v) is 6.26. The zero-order valence-corrected chi connectivity index (χ0v) is 13.4. The number of hydrogen-bond acceptors (Lipinski definition) is 5. The molecule has 1 aromatic heterocycles. The van der Waals surface area contributed by atoms with Crippen molar-refractivity contribution in [3.63, 3.8) is 0 Å². The molecule has 0 amide bonds. The second-order valence-electron chi connectivity index (χ2n) is 4.92. The van der Waals surface area contributed by atoms with Crippen LogP contribution in [-0.2, 0) is 10.0 Å². The third kappa shape index (κ3) is 3.65. The molecule has 1 saturated carbocycles. The molecule has 112 valence electrons. The Morgan fingerprint density at radius 2 is 2.05 bits per heavy atom. The van der Waals surface area contributed by atoms with Gasteiger partial charge in [-0.05, 0) is 31.2 Å². The van der Waals surface area contributed by atoms with Gasteiger partial charge in [-0.2, -0.15) is 11.8 Å². The van der Waals surface area contributed by atoms with Gasteiger partial charge in [-0.1, -0.05) is 12.8 Å². The normalized spacial score (nSPS) is 23.5. The number of nitrogens with zero attached hydrogens (tertiary/aromatic N) is 1. The molecule has 1 heterocycles. The van der Waals surface area contributed by atoms with E-state index in [1.165, 1.54) is 12.6 Å². The minimum atomic E-state index is -3.48. The fraction of sp³-hybridized carbons (Fsp3) is 0.615. The molecule has 0 radical (unpaired) electrons. The minimum Gasteiger partial charge on any atom is -0.373 e. The molecular formula is C13H21N3O2S2. The lowest BCUT2D eigenvalue weighted by atomic mass is 9.96. The number of sulfonamides is 1. The van der Waals surface area contributed by atoms with E-state index < -0.39 is 10.0 Å². The molecule has 0 saturated heterocycles. The van der Waals surface area contributed by atoms with E-state index in [4.69, 9.17) is 0 Å². The lowest BCUT2D eigenvalue weighted by Crippen LogP contribution is -2.43. The van der Waals surface area contributed by atoms with Crippen LogP contribution in [0, 0.1) is 0 Å². The number of hydrogen-bond donors (Lipinski definition) is 2. The lowest BCUT2D eigenvalue weighted by Gasteiger charge is -2.30. The first-order chi connectivity index (χ1) is 9.56. The van der Waals surface area contributed by atoms with Gasteiger partial charge in [0.15, 0.2) is 0 Å². The average molecular weight is 315 g/mol. The summed E-state index contributed by atoms with van der Waals surface area (Å²) < 4.78 is 27.6. The van der Waals surface area contributed by atoms with Crippen molar-refractivity contribution in [3.8, 4) is 0 Å². The summed E-state index contributed by atoms with van der Waals surface area (Å²) in [5, 5.41) is 3.24. The van der Waals surface area contributed by atoms with Gasteiger partial charge < -0.3 is 5.32 Å². The van der Waals surface area contributed by atoms with Crippen LogP contribution in [-0.4, -0.2) is 38.0 Å². The zero-order valence-electron chi connectivity index (χ0n) is 11.8. The smallest absolute Gasteiger partial charge is 0.242 e. The summed E-state index contributed by atoms with van der Waals surface area (Å²) in [6, 6.07) is 3.27. The van der Waals surface area contributed by atoms with Crippen molar-refractivity contribution in [3.05, 3.63) is 18.3 Å². The largest absolute Gasteiger partial charge is 0.373 e. The topological polar surface area (TPSA) is 71.1 Å². The Balaban J connectivity index is 2.12. The van der Waals surface area contributed by atoms with E-state index in [1.54, 1.807) is 30.9 Å². The van der Waals surface area contributed by atoms with Crippen LogP contribution >= 0.6 is 11.8 Å². The quantitative estimate of drug-likeness (QED) is 0.870. The Kier molecular flexibility index (Phi) is 5.29. The van der Waals surface area contributed by atoms with Gasteiger partial charge in [0.25, 0.3) is 0 Å². The first kappa shape index (κ1) is 15.6. The fourth-order valence-corrected chi connectivity index (χ4v) is 4.74. The molecule has 0 aliphatic heterocycles. The molecule has 2 unspecified atom stereocenters. The van der Waals surface area contributed by atoms with Crippen molar-refractivity contribution in [2.45, 2.75) is 41.9 Å². The molecule has 5 nitrogen and oxygen atoms in total. The maximum absolute atomic E-state index is 12.4. The summed E-state index contributed by atoms with van der Waals surface area (Å²) in [7, 11) is -1.73. The Labute approximate surface area is 125 Å². The highest BCUT2D eigenvalue weighted by Crippen LogP contribution is 2.28. The number of nitrogens with one attached hydrogen (secondary N) is 2. The number of thioether (sulfide) groups is 1. The molecule has 1 fully saturated rings. The molecule has 0 aromatic carbocycles. The van der Waals surface area contributed by atoms with Crippen LogP contribution in [0.1, 0.15) is 25.7 Å². The van der Waals surface area contributed by atoms with Gasteiger partial charge in [0.1, 0.15) is 10.7 Å². The van der Waals surface area contributed by atoms with E-state index in [-0.39, 0.29) is 10.9 Å². The van der Waals surface area contributed by atoms with Crippen molar-refractivity contribution < 1.29 is 8.42 Å². The van der Waals surface area contributed by atoms with Crippen LogP contribution in [0.2, 0.25) is 0 Å². The predicted molar refractivity (Wildman–Crippen MR) is 83.7 cm³/mol. The first-order valence-electron chi connectivity index (χ1n) is 6.76. The molecule has 2 rings (SSSR count). The first-order valence-corrected chi connectivity index (χ1v) is 9.53. The van der Waals surface area contributed by atoms with E-state index in [2.05, 4.69) is 15.0 Å². The molecule has 2 N–H and O–H groups in total. The Bertz CT molecular complexity index is 531. The van der Waals surface area contributed by atoms with Gasteiger partial charge in [-0.15, -0.1) is 0 Å². The number of rotatable bonds is 5. The number of aromatic nitrogens is 1. The summed E-state index contributed by atoms with van der Waals surface area (Å²) in [6.07, 6.45) is 7.69. The van der Waals surface area contributed by atoms with Crippen LogP contribution in [0.15, 0.2) is 23.2 Å². The molecular weight excluding hydrogens is 294 g/mol. The Morgan fingerprint density at radius 1 is 1.30 bits per heavy atom. The highest BCUT2D eigenvalue weighted by Gasteiger charge is 2.29. The predicted octanol–water partition coefficient (Wildman–Crippen LogP) is 2.08. The molecule has 1 aromatic rings. The van der Waals surface area contributed by atoms with Crippen molar-refractivity contribution in [1.29, 1.82) is 0 Å². The lowest BCUT2D eigenvalue weighted by molar-refractivity contribution is 0.423. The molecule has 2 atom stereocenters. The SMILES string of the molecule is CNc1ccc(S(=O)(=O)NC2CCCCC2SC)cn1. The third-order valence-electron chi connectivity index (χ3n) is 3.61.